The molecule has 0 saturated carbocycles. The standard InChI is InChI=1S/C42H24N4/c43-25-27-22-28(26-44)24-32(23-27)29-16-18-31(19-17-29)34-20-21-37(36-12-4-3-11-35(34)36)41-39-13-5-6-15-40(39)45-42(46-41)38-14-7-9-30-8-1-2-10-33(30)38/h1-24H. The molecule has 7 aromatic carbocycles. The van der Waals surface area contributed by atoms with Gasteiger partial charge in [0.2, 0.25) is 0 Å². The maximum atomic E-state index is 9.43. The van der Waals surface area contributed by atoms with Gasteiger partial charge in [-0.3, -0.25) is 0 Å². The number of nitriles is 2. The van der Waals surface area contributed by atoms with Crippen LogP contribution in [0.15, 0.2) is 146 Å². The van der Waals surface area contributed by atoms with E-state index in [-0.39, 0.29) is 0 Å². The van der Waals surface area contributed by atoms with E-state index in [0.29, 0.717) is 17.0 Å². The fourth-order valence-electron chi connectivity index (χ4n) is 6.35. The first-order valence-electron chi connectivity index (χ1n) is 15.0. The fourth-order valence-corrected chi connectivity index (χ4v) is 6.35. The number of hydrogen-bond donors (Lipinski definition) is 0. The van der Waals surface area contributed by atoms with Crippen LogP contribution in [0.25, 0.3) is 77.3 Å². The highest BCUT2D eigenvalue weighted by Crippen LogP contribution is 2.39. The summed E-state index contributed by atoms with van der Waals surface area (Å²) in [5.41, 5.74) is 8.79. The fraction of sp³-hybridized carbons (Fsp3) is 0. The highest BCUT2D eigenvalue weighted by atomic mass is 14.9. The van der Waals surface area contributed by atoms with E-state index in [0.717, 1.165) is 71.5 Å². The van der Waals surface area contributed by atoms with Gasteiger partial charge in [0.25, 0.3) is 0 Å². The van der Waals surface area contributed by atoms with Crippen molar-refractivity contribution in [2.45, 2.75) is 0 Å². The molecule has 46 heavy (non-hydrogen) atoms. The molecule has 0 saturated heterocycles. The van der Waals surface area contributed by atoms with Crippen molar-refractivity contribution in [3.05, 3.63) is 157 Å². The summed E-state index contributed by atoms with van der Waals surface area (Å²) in [5.74, 6) is 0.703. The van der Waals surface area contributed by atoms with Crippen LogP contribution >= 0.6 is 0 Å². The second-order valence-corrected chi connectivity index (χ2v) is 11.2. The molecule has 8 rings (SSSR count). The lowest BCUT2D eigenvalue weighted by Gasteiger charge is -2.15. The third-order valence-corrected chi connectivity index (χ3v) is 8.53. The highest BCUT2D eigenvalue weighted by molar-refractivity contribution is 6.09. The van der Waals surface area contributed by atoms with E-state index in [4.69, 9.17) is 9.97 Å². The van der Waals surface area contributed by atoms with Gasteiger partial charge in [0, 0.05) is 16.5 Å². The van der Waals surface area contributed by atoms with E-state index in [2.05, 4.69) is 115 Å². The molecule has 4 nitrogen and oxygen atoms in total. The van der Waals surface area contributed by atoms with E-state index in [9.17, 15) is 10.5 Å². The molecule has 0 spiro atoms. The Morgan fingerprint density at radius 2 is 1.00 bits per heavy atom. The van der Waals surface area contributed by atoms with Gasteiger partial charge in [-0.15, -0.1) is 0 Å². The minimum atomic E-state index is 0.473. The average molecular weight is 585 g/mol. The number of fused-ring (bicyclic) bond motifs is 3. The van der Waals surface area contributed by atoms with Crippen molar-refractivity contribution in [3.8, 4) is 57.0 Å². The van der Waals surface area contributed by atoms with Gasteiger partial charge in [-0.2, -0.15) is 10.5 Å². The molecule has 212 valence electrons. The average Bonchev–Trinajstić information content (AvgIpc) is 3.13. The first-order valence-corrected chi connectivity index (χ1v) is 15.0. The molecule has 0 amide bonds. The van der Waals surface area contributed by atoms with Crippen molar-refractivity contribution in [2.75, 3.05) is 0 Å². The lowest BCUT2D eigenvalue weighted by atomic mass is 9.91. The molecule has 0 unspecified atom stereocenters. The number of rotatable bonds is 4. The van der Waals surface area contributed by atoms with Crippen molar-refractivity contribution in [3.63, 3.8) is 0 Å². The quantitative estimate of drug-likeness (QED) is 0.206. The van der Waals surface area contributed by atoms with E-state index < -0.39 is 0 Å². The van der Waals surface area contributed by atoms with Gasteiger partial charge in [-0.1, -0.05) is 121 Å². The van der Waals surface area contributed by atoms with Crippen molar-refractivity contribution in [1.29, 1.82) is 10.5 Å². The van der Waals surface area contributed by atoms with Crippen LogP contribution in [0.3, 0.4) is 0 Å². The van der Waals surface area contributed by atoms with Crippen molar-refractivity contribution in [2.24, 2.45) is 0 Å². The molecule has 1 heterocycles. The molecule has 0 aliphatic rings. The van der Waals surface area contributed by atoms with Crippen molar-refractivity contribution < 1.29 is 0 Å². The summed E-state index contributed by atoms with van der Waals surface area (Å²) in [7, 11) is 0. The van der Waals surface area contributed by atoms with Gasteiger partial charge in [0.1, 0.15) is 0 Å². The molecular weight excluding hydrogens is 560 g/mol. The number of nitrogens with zero attached hydrogens (tertiary/aromatic N) is 4. The van der Waals surface area contributed by atoms with Crippen molar-refractivity contribution >= 4 is 32.4 Å². The molecular formula is C42H24N4. The summed E-state index contributed by atoms with van der Waals surface area (Å²) in [4.78, 5) is 10.3. The van der Waals surface area contributed by atoms with Crippen LogP contribution in [0, 0.1) is 22.7 Å². The van der Waals surface area contributed by atoms with Crippen LogP contribution in [-0.2, 0) is 0 Å². The van der Waals surface area contributed by atoms with Gasteiger partial charge in [-0.05, 0) is 68.1 Å². The zero-order valence-electron chi connectivity index (χ0n) is 24.6. The summed E-state index contributed by atoms with van der Waals surface area (Å²) < 4.78 is 0. The van der Waals surface area contributed by atoms with Crippen LogP contribution in [0.4, 0.5) is 0 Å². The Balaban J connectivity index is 1.28. The van der Waals surface area contributed by atoms with Crippen LogP contribution in [0.5, 0.6) is 0 Å². The van der Waals surface area contributed by atoms with Gasteiger partial charge >= 0.3 is 0 Å². The summed E-state index contributed by atoms with van der Waals surface area (Å²) in [6.45, 7) is 0. The molecule has 8 aromatic rings. The maximum Gasteiger partial charge on any atom is 0.161 e. The molecule has 0 N–H and O–H groups in total. The van der Waals surface area contributed by atoms with E-state index in [1.165, 1.54) is 0 Å². The Kier molecular flexibility index (Phi) is 6.53. The zero-order chi connectivity index (χ0) is 31.0. The smallest absolute Gasteiger partial charge is 0.161 e. The molecule has 0 aliphatic carbocycles. The largest absolute Gasteiger partial charge is 0.228 e. The van der Waals surface area contributed by atoms with E-state index in [1.54, 1.807) is 6.07 Å². The Labute approximate surface area is 266 Å². The molecule has 0 radical (unpaired) electrons. The SMILES string of the molecule is N#Cc1cc(C#N)cc(-c2ccc(-c3ccc(-c4nc(-c5cccc6ccccc56)nc5ccccc45)c4ccccc34)cc2)c1. The van der Waals surface area contributed by atoms with Crippen molar-refractivity contribution in [1.82, 2.24) is 9.97 Å². The lowest BCUT2D eigenvalue weighted by molar-refractivity contribution is 1.24. The molecule has 1 aromatic heterocycles. The number of aromatic nitrogens is 2. The summed E-state index contributed by atoms with van der Waals surface area (Å²) in [5, 5.41) is 24.4. The van der Waals surface area contributed by atoms with E-state index in [1.807, 2.05) is 36.4 Å². The summed E-state index contributed by atoms with van der Waals surface area (Å²) in [6.07, 6.45) is 0. The molecule has 0 bridgehead atoms. The predicted molar refractivity (Wildman–Crippen MR) is 186 cm³/mol. The molecule has 0 fully saturated rings. The minimum Gasteiger partial charge on any atom is -0.228 e. The third kappa shape index (κ3) is 4.63. The van der Waals surface area contributed by atoms with E-state index >= 15 is 0 Å². The molecule has 0 atom stereocenters. The third-order valence-electron chi connectivity index (χ3n) is 8.53. The summed E-state index contributed by atoms with van der Waals surface area (Å²) in [6, 6.07) is 53.5. The first kappa shape index (κ1) is 27.0. The predicted octanol–water partition coefficient (Wildman–Crippen LogP) is 10.3. The first-order chi connectivity index (χ1) is 22.7. The normalized spacial score (nSPS) is 11.0. The van der Waals surface area contributed by atoms with Gasteiger partial charge in [0.05, 0.1) is 34.5 Å². The van der Waals surface area contributed by atoms with Gasteiger partial charge in [0.15, 0.2) is 5.82 Å². The second-order valence-electron chi connectivity index (χ2n) is 11.2. The summed E-state index contributed by atoms with van der Waals surface area (Å²) >= 11 is 0. The molecule has 0 aliphatic heterocycles. The minimum absolute atomic E-state index is 0.473. The number of hydrogen-bond acceptors (Lipinski definition) is 4. The maximum absolute atomic E-state index is 9.43. The van der Waals surface area contributed by atoms with Crippen LogP contribution in [0.2, 0.25) is 0 Å². The monoisotopic (exact) mass is 584 g/mol. The number of benzene rings is 7. The topological polar surface area (TPSA) is 73.4 Å². The Morgan fingerprint density at radius 3 is 1.74 bits per heavy atom. The molecule has 4 heteroatoms. The second kappa shape index (κ2) is 11.1. The van der Waals surface area contributed by atoms with Crippen LogP contribution in [-0.4, -0.2) is 9.97 Å². The highest BCUT2D eigenvalue weighted by Gasteiger charge is 2.17. The zero-order valence-corrected chi connectivity index (χ0v) is 24.6. The van der Waals surface area contributed by atoms with Gasteiger partial charge < -0.3 is 0 Å². The van der Waals surface area contributed by atoms with Crippen LogP contribution in [0.1, 0.15) is 11.1 Å². The number of para-hydroxylation sites is 1. The Hall–Kier alpha value is -6.62. The lowest BCUT2D eigenvalue weighted by Crippen LogP contribution is -1.97. The van der Waals surface area contributed by atoms with Gasteiger partial charge in [-0.25, -0.2) is 9.97 Å². The van der Waals surface area contributed by atoms with Crippen LogP contribution < -0.4 is 0 Å². The Bertz CT molecular complexity index is 2510. The Morgan fingerprint density at radius 1 is 0.413 bits per heavy atom.